The van der Waals surface area contributed by atoms with Crippen molar-refractivity contribution in [1.82, 2.24) is 0 Å². The highest BCUT2D eigenvalue weighted by Crippen LogP contribution is 2.19. The van der Waals surface area contributed by atoms with Crippen molar-refractivity contribution in [3.05, 3.63) is 34.3 Å². The predicted octanol–water partition coefficient (Wildman–Crippen LogP) is 3.94. The average molecular weight is 243 g/mol. The summed E-state index contributed by atoms with van der Waals surface area (Å²) in [6, 6.07) is 8.26. The number of benzene rings is 1. The van der Waals surface area contributed by atoms with Crippen LogP contribution in [-0.4, -0.2) is 6.61 Å². The highest BCUT2D eigenvalue weighted by molar-refractivity contribution is 9.10. The molecule has 1 aromatic rings. The molecule has 72 valence electrons. The Hall–Kier alpha value is -0.340. The van der Waals surface area contributed by atoms with E-state index in [1.165, 1.54) is 5.56 Å². The Morgan fingerprint density at radius 2 is 1.92 bits per heavy atom. The van der Waals surface area contributed by atoms with Gasteiger partial charge in [-0.15, -0.1) is 0 Å². The van der Waals surface area contributed by atoms with Gasteiger partial charge in [0.1, 0.15) is 0 Å². The van der Waals surface area contributed by atoms with Crippen LogP contribution in [0.2, 0.25) is 0 Å². The molecule has 0 amide bonds. The van der Waals surface area contributed by atoms with E-state index < -0.39 is 0 Å². The van der Waals surface area contributed by atoms with Gasteiger partial charge in [0, 0.05) is 11.1 Å². The standard InChI is InChI=1S/C11H15BrO/c1-3-8-13-9(2)10-4-6-11(12)7-5-10/h4-7,9H,3,8H2,1-2H3. The Balaban J connectivity index is 2.55. The van der Waals surface area contributed by atoms with Gasteiger partial charge >= 0.3 is 0 Å². The molecule has 0 aliphatic heterocycles. The van der Waals surface area contributed by atoms with Gasteiger partial charge in [-0.25, -0.2) is 0 Å². The maximum atomic E-state index is 5.60. The minimum absolute atomic E-state index is 0.202. The topological polar surface area (TPSA) is 9.23 Å². The second-order valence-electron chi connectivity index (χ2n) is 3.06. The van der Waals surface area contributed by atoms with E-state index in [0.29, 0.717) is 0 Å². The van der Waals surface area contributed by atoms with Crippen LogP contribution in [-0.2, 0) is 4.74 Å². The van der Waals surface area contributed by atoms with Crippen molar-refractivity contribution < 1.29 is 4.74 Å². The molecule has 0 aromatic heterocycles. The van der Waals surface area contributed by atoms with E-state index in [9.17, 15) is 0 Å². The van der Waals surface area contributed by atoms with Crippen molar-refractivity contribution in [2.75, 3.05) is 6.61 Å². The number of ether oxygens (including phenoxy) is 1. The molecule has 1 unspecified atom stereocenters. The SMILES string of the molecule is CCCOC(C)c1ccc(Br)cc1. The van der Waals surface area contributed by atoms with Crippen molar-refractivity contribution in [1.29, 1.82) is 0 Å². The highest BCUT2D eigenvalue weighted by Gasteiger charge is 2.03. The molecule has 0 N–H and O–H groups in total. The van der Waals surface area contributed by atoms with Crippen LogP contribution in [0, 0.1) is 0 Å². The molecule has 0 bridgehead atoms. The molecular formula is C11H15BrO. The van der Waals surface area contributed by atoms with Gasteiger partial charge in [0.05, 0.1) is 6.10 Å². The third kappa shape index (κ3) is 3.49. The van der Waals surface area contributed by atoms with Gasteiger partial charge in [-0.2, -0.15) is 0 Å². The molecule has 0 aliphatic rings. The number of hydrogen-bond acceptors (Lipinski definition) is 1. The lowest BCUT2D eigenvalue weighted by molar-refractivity contribution is 0.0663. The molecular weight excluding hydrogens is 228 g/mol. The lowest BCUT2D eigenvalue weighted by atomic mass is 10.1. The van der Waals surface area contributed by atoms with Crippen LogP contribution in [0.15, 0.2) is 28.7 Å². The van der Waals surface area contributed by atoms with Gasteiger partial charge in [0.25, 0.3) is 0 Å². The summed E-state index contributed by atoms with van der Waals surface area (Å²) in [6.45, 7) is 5.03. The molecule has 1 atom stereocenters. The largest absolute Gasteiger partial charge is 0.374 e. The van der Waals surface area contributed by atoms with Crippen LogP contribution in [0.1, 0.15) is 31.9 Å². The van der Waals surface area contributed by atoms with Crippen molar-refractivity contribution in [2.45, 2.75) is 26.4 Å². The molecule has 2 heteroatoms. The summed E-state index contributed by atoms with van der Waals surface area (Å²) in [5.41, 5.74) is 1.23. The zero-order valence-corrected chi connectivity index (χ0v) is 9.67. The molecule has 13 heavy (non-hydrogen) atoms. The molecule has 1 rings (SSSR count). The van der Waals surface area contributed by atoms with Crippen molar-refractivity contribution >= 4 is 15.9 Å². The number of halogens is 1. The Kier molecular flexibility index (Phi) is 4.46. The fourth-order valence-electron chi connectivity index (χ4n) is 1.12. The summed E-state index contributed by atoms with van der Waals surface area (Å²) in [6.07, 6.45) is 1.27. The summed E-state index contributed by atoms with van der Waals surface area (Å²) in [5, 5.41) is 0. The highest BCUT2D eigenvalue weighted by atomic mass is 79.9. The fraction of sp³-hybridized carbons (Fsp3) is 0.455. The minimum Gasteiger partial charge on any atom is -0.374 e. The lowest BCUT2D eigenvalue weighted by Crippen LogP contribution is -2.00. The van der Waals surface area contributed by atoms with Crippen LogP contribution in [0.25, 0.3) is 0 Å². The Morgan fingerprint density at radius 3 is 2.46 bits per heavy atom. The quantitative estimate of drug-likeness (QED) is 0.778. The van der Waals surface area contributed by atoms with Gasteiger partial charge in [0.2, 0.25) is 0 Å². The summed E-state index contributed by atoms with van der Waals surface area (Å²) in [4.78, 5) is 0. The first-order valence-corrected chi connectivity index (χ1v) is 5.40. The molecule has 0 aliphatic carbocycles. The molecule has 1 nitrogen and oxygen atoms in total. The van der Waals surface area contributed by atoms with Crippen LogP contribution >= 0.6 is 15.9 Å². The van der Waals surface area contributed by atoms with Gasteiger partial charge < -0.3 is 4.74 Å². The molecule has 0 saturated heterocycles. The predicted molar refractivity (Wildman–Crippen MR) is 58.8 cm³/mol. The maximum absolute atomic E-state index is 5.60. The van der Waals surface area contributed by atoms with E-state index in [0.717, 1.165) is 17.5 Å². The van der Waals surface area contributed by atoms with Crippen LogP contribution < -0.4 is 0 Å². The van der Waals surface area contributed by atoms with Gasteiger partial charge in [-0.05, 0) is 31.0 Å². The Labute approximate surface area is 88.2 Å². The number of rotatable bonds is 4. The van der Waals surface area contributed by atoms with Crippen LogP contribution in [0.3, 0.4) is 0 Å². The maximum Gasteiger partial charge on any atom is 0.0796 e. The van der Waals surface area contributed by atoms with E-state index in [4.69, 9.17) is 4.74 Å². The second-order valence-corrected chi connectivity index (χ2v) is 3.98. The van der Waals surface area contributed by atoms with E-state index in [1.807, 2.05) is 12.1 Å². The summed E-state index contributed by atoms with van der Waals surface area (Å²) in [7, 11) is 0. The first-order chi connectivity index (χ1) is 6.24. The normalized spacial score (nSPS) is 12.8. The second kappa shape index (κ2) is 5.40. The smallest absolute Gasteiger partial charge is 0.0796 e. The molecule has 0 heterocycles. The van der Waals surface area contributed by atoms with E-state index >= 15 is 0 Å². The van der Waals surface area contributed by atoms with E-state index in [-0.39, 0.29) is 6.10 Å². The fourth-order valence-corrected chi connectivity index (χ4v) is 1.39. The average Bonchev–Trinajstić information content (AvgIpc) is 2.15. The van der Waals surface area contributed by atoms with Gasteiger partial charge in [-0.3, -0.25) is 0 Å². The number of hydrogen-bond donors (Lipinski definition) is 0. The van der Waals surface area contributed by atoms with Crippen molar-refractivity contribution in [3.63, 3.8) is 0 Å². The first-order valence-electron chi connectivity index (χ1n) is 4.61. The molecule has 0 fully saturated rings. The Morgan fingerprint density at radius 1 is 1.31 bits per heavy atom. The van der Waals surface area contributed by atoms with Gasteiger partial charge in [-0.1, -0.05) is 35.0 Å². The molecule has 0 spiro atoms. The zero-order chi connectivity index (χ0) is 9.68. The molecule has 1 aromatic carbocycles. The molecule has 0 radical (unpaired) electrons. The van der Waals surface area contributed by atoms with E-state index in [2.05, 4.69) is 41.9 Å². The molecule has 0 saturated carbocycles. The lowest BCUT2D eigenvalue weighted by Gasteiger charge is -2.12. The first kappa shape index (κ1) is 10.7. The summed E-state index contributed by atoms with van der Waals surface area (Å²) < 4.78 is 6.71. The van der Waals surface area contributed by atoms with Gasteiger partial charge in [0.15, 0.2) is 0 Å². The van der Waals surface area contributed by atoms with Crippen molar-refractivity contribution in [3.8, 4) is 0 Å². The third-order valence-corrected chi connectivity index (χ3v) is 2.44. The van der Waals surface area contributed by atoms with E-state index in [1.54, 1.807) is 0 Å². The van der Waals surface area contributed by atoms with Crippen LogP contribution in [0.5, 0.6) is 0 Å². The zero-order valence-electron chi connectivity index (χ0n) is 8.09. The Bertz CT molecular complexity index is 243. The summed E-state index contributed by atoms with van der Waals surface area (Å²) >= 11 is 3.41. The minimum atomic E-state index is 0.202. The van der Waals surface area contributed by atoms with Crippen molar-refractivity contribution in [2.24, 2.45) is 0 Å². The third-order valence-electron chi connectivity index (χ3n) is 1.91. The summed E-state index contributed by atoms with van der Waals surface area (Å²) in [5.74, 6) is 0. The monoisotopic (exact) mass is 242 g/mol. The van der Waals surface area contributed by atoms with Crippen LogP contribution in [0.4, 0.5) is 0 Å².